The fourth-order valence-corrected chi connectivity index (χ4v) is 4.59. The Balaban J connectivity index is 1.59. The summed E-state index contributed by atoms with van der Waals surface area (Å²) in [6, 6.07) is 10.1. The van der Waals surface area contributed by atoms with Gasteiger partial charge in [0.1, 0.15) is 10.8 Å². The molecule has 3 rings (SSSR count). The Labute approximate surface area is 154 Å². The lowest BCUT2D eigenvalue weighted by Crippen LogP contribution is -2.23. The number of hydrogen-bond donors (Lipinski definition) is 1. The molecule has 1 fully saturated rings. The summed E-state index contributed by atoms with van der Waals surface area (Å²) in [6.45, 7) is 0.895. The number of rotatable bonds is 4. The van der Waals surface area contributed by atoms with Crippen LogP contribution in [0.4, 0.5) is 10.5 Å². The summed E-state index contributed by atoms with van der Waals surface area (Å²) in [5.74, 6) is 5.63. The first-order chi connectivity index (χ1) is 12.0. The average molecular weight is 397 g/mol. The lowest BCUT2D eigenvalue weighted by molar-refractivity contribution is 0.181. The standard InChI is InChI=1S/C16H13ClN2O4S2/c17-14-7-8-15(24-14)25(21,22)18-9-1-2-12-3-5-13(6-4-12)19-10-11-23-16(19)20/h3-8,18H,9-11H2. The third kappa shape index (κ3) is 4.32. The van der Waals surface area contributed by atoms with Gasteiger partial charge in [0.25, 0.3) is 10.0 Å². The van der Waals surface area contributed by atoms with E-state index >= 15 is 0 Å². The SMILES string of the molecule is O=C1OCCN1c1ccc(C#CCNS(=O)(=O)c2ccc(Cl)s2)cc1. The highest BCUT2D eigenvalue weighted by molar-refractivity contribution is 7.91. The van der Waals surface area contributed by atoms with Crippen LogP contribution in [0.15, 0.2) is 40.6 Å². The summed E-state index contributed by atoms with van der Waals surface area (Å²) in [5.41, 5.74) is 1.46. The molecule has 1 amide bonds. The Kier molecular flexibility index (Phi) is 5.30. The van der Waals surface area contributed by atoms with E-state index in [1.54, 1.807) is 24.3 Å². The van der Waals surface area contributed by atoms with Gasteiger partial charge in [0.2, 0.25) is 0 Å². The molecule has 1 aliphatic rings. The van der Waals surface area contributed by atoms with E-state index in [0.29, 0.717) is 17.5 Å². The van der Waals surface area contributed by atoms with Crippen molar-refractivity contribution in [2.75, 3.05) is 24.6 Å². The fraction of sp³-hybridized carbons (Fsp3) is 0.188. The van der Waals surface area contributed by atoms with Crippen LogP contribution in [0.3, 0.4) is 0 Å². The molecule has 25 heavy (non-hydrogen) atoms. The smallest absolute Gasteiger partial charge is 0.414 e. The molecule has 0 saturated carbocycles. The second-order valence-corrected chi connectivity index (χ2v) is 8.71. The average Bonchev–Trinajstić information content (AvgIpc) is 3.21. The van der Waals surface area contributed by atoms with Crippen LogP contribution < -0.4 is 9.62 Å². The minimum absolute atomic E-state index is 0.0158. The normalized spacial score (nSPS) is 14.1. The predicted octanol–water partition coefficient (Wildman–Crippen LogP) is 2.69. The topological polar surface area (TPSA) is 75.7 Å². The highest BCUT2D eigenvalue weighted by Crippen LogP contribution is 2.25. The Hall–Kier alpha value is -2.05. The minimum atomic E-state index is -3.59. The number of benzene rings is 1. The van der Waals surface area contributed by atoms with E-state index in [9.17, 15) is 13.2 Å². The number of hydrogen-bond acceptors (Lipinski definition) is 5. The molecule has 2 heterocycles. The zero-order chi connectivity index (χ0) is 17.9. The number of carbonyl (C=O) groups is 1. The van der Waals surface area contributed by atoms with Crippen LogP contribution in [0, 0.1) is 11.8 Å². The van der Waals surface area contributed by atoms with E-state index < -0.39 is 10.0 Å². The van der Waals surface area contributed by atoms with Crippen molar-refractivity contribution in [3.8, 4) is 11.8 Å². The molecule has 0 aliphatic carbocycles. The second kappa shape index (κ2) is 7.45. The van der Waals surface area contributed by atoms with Gasteiger partial charge in [0.05, 0.1) is 17.4 Å². The van der Waals surface area contributed by atoms with Gasteiger partial charge in [0.15, 0.2) is 0 Å². The number of cyclic esters (lactones) is 1. The number of carbonyl (C=O) groups excluding carboxylic acids is 1. The highest BCUT2D eigenvalue weighted by atomic mass is 35.5. The van der Waals surface area contributed by atoms with Crippen LogP contribution in [-0.4, -0.2) is 34.2 Å². The minimum Gasteiger partial charge on any atom is -0.447 e. The summed E-state index contributed by atoms with van der Waals surface area (Å²) in [4.78, 5) is 13.0. The van der Waals surface area contributed by atoms with Gasteiger partial charge < -0.3 is 4.74 Å². The third-order valence-electron chi connectivity index (χ3n) is 3.34. The van der Waals surface area contributed by atoms with Gasteiger partial charge in [-0.1, -0.05) is 23.4 Å². The van der Waals surface area contributed by atoms with Crippen LogP contribution in [0.1, 0.15) is 5.56 Å². The van der Waals surface area contributed by atoms with Crippen molar-refractivity contribution in [3.63, 3.8) is 0 Å². The maximum absolute atomic E-state index is 12.0. The predicted molar refractivity (Wildman–Crippen MR) is 96.5 cm³/mol. The Morgan fingerprint density at radius 3 is 2.60 bits per heavy atom. The molecule has 1 N–H and O–H groups in total. The lowest BCUT2D eigenvalue weighted by atomic mass is 10.2. The van der Waals surface area contributed by atoms with Crippen LogP contribution in [0.2, 0.25) is 4.34 Å². The second-order valence-electron chi connectivity index (χ2n) is 5.00. The molecule has 0 bridgehead atoms. The van der Waals surface area contributed by atoms with Crippen molar-refractivity contribution in [3.05, 3.63) is 46.3 Å². The van der Waals surface area contributed by atoms with Gasteiger partial charge in [0, 0.05) is 11.3 Å². The van der Waals surface area contributed by atoms with Gasteiger partial charge in [-0.05, 0) is 36.4 Å². The zero-order valence-corrected chi connectivity index (χ0v) is 15.2. The van der Waals surface area contributed by atoms with Crippen LogP contribution in [0.5, 0.6) is 0 Å². The number of sulfonamides is 1. The molecule has 130 valence electrons. The van der Waals surface area contributed by atoms with Crippen molar-refractivity contribution in [2.45, 2.75) is 4.21 Å². The Morgan fingerprint density at radius 2 is 2.00 bits per heavy atom. The molecule has 1 aliphatic heterocycles. The van der Waals surface area contributed by atoms with Gasteiger partial charge in [-0.2, -0.15) is 4.72 Å². The molecule has 0 spiro atoms. The van der Waals surface area contributed by atoms with Crippen molar-refractivity contribution in [1.82, 2.24) is 4.72 Å². The molecule has 6 nitrogen and oxygen atoms in total. The summed E-state index contributed by atoms with van der Waals surface area (Å²) < 4.78 is 31.9. The quantitative estimate of drug-likeness (QED) is 0.806. The molecule has 2 aromatic rings. The molecule has 1 saturated heterocycles. The Bertz CT molecular complexity index is 943. The van der Waals surface area contributed by atoms with Crippen LogP contribution in [-0.2, 0) is 14.8 Å². The van der Waals surface area contributed by atoms with E-state index in [1.165, 1.54) is 17.0 Å². The van der Waals surface area contributed by atoms with Crippen molar-refractivity contribution in [2.24, 2.45) is 0 Å². The molecule has 0 radical (unpaired) electrons. The van der Waals surface area contributed by atoms with Crippen molar-refractivity contribution >= 4 is 44.7 Å². The largest absolute Gasteiger partial charge is 0.447 e. The van der Waals surface area contributed by atoms with E-state index in [4.69, 9.17) is 16.3 Å². The van der Waals surface area contributed by atoms with Crippen LogP contribution in [0.25, 0.3) is 0 Å². The first-order valence-corrected chi connectivity index (χ1v) is 9.92. The maximum atomic E-state index is 12.0. The lowest BCUT2D eigenvalue weighted by Gasteiger charge is -2.11. The monoisotopic (exact) mass is 396 g/mol. The van der Waals surface area contributed by atoms with E-state index in [1.807, 2.05) is 0 Å². The summed E-state index contributed by atoms with van der Waals surface area (Å²) in [6.07, 6.45) is -0.359. The molecule has 1 aromatic carbocycles. The summed E-state index contributed by atoms with van der Waals surface area (Å²) >= 11 is 6.73. The molecule has 1 aromatic heterocycles. The summed E-state index contributed by atoms with van der Waals surface area (Å²) in [7, 11) is -3.59. The number of ether oxygens (including phenoxy) is 1. The number of nitrogens with zero attached hydrogens (tertiary/aromatic N) is 1. The van der Waals surface area contributed by atoms with Gasteiger partial charge in [-0.15, -0.1) is 11.3 Å². The first-order valence-electron chi connectivity index (χ1n) is 7.24. The number of nitrogens with one attached hydrogen (secondary N) is 1. The first kappa shape index (κ1) is 17.8. The van der Waals surface area contributed by atoms with Crippen LogP contribution >= 0.6 is 22.9 Å². The molecular weight excluding hydrogens is 384 g/mol. The number of amides is 1. The Morgan fingerprint density at radius 1 is 1.24 bits per heavy atom. The number of anilines is 1. The van der Waals surface area contributed by atoms with Crippen molar-refractivity contribution < 1.29 is 17.9 Å². The van der Waals surface area contributed by atoms with E-state index in [2.05, 4.69) is 16.6 Å². The van der Waals surface area contributed by atoms with E-state index in [-0.39, 0.29) is 16.8 Å². The van der Waals surface area contributed by atoms with Gasteiger partial charge in [-0.3, -0.25) is 4.90 Å². The van der Waals surface area contributed by atoms with E-state index in [0.717, 1.165) is 22.6 Å². The maximum Gasteiger partial charge on any atom is 0.414 e. The van der Waals surface area contributed by atoms with Gasteiger partial charge in [-0.25, -0.2) is 13.2 Å². The molecule has 9 heteroatoms. The molecule has 0 unspecified atom stereocenters. The van der Waals surface area contributed by atoms with Crippen molar-refractivity contribution in [1.29, 1.82) is 0 Å². The number of thiophene rings is 1. The van der Waals surface area contributed by atoms with Gasteiger partial charge >= 0.3 is 6.09 Å². The molecular formula is C16H13ClN2O4S2. The highest BCUT2D eigenvalue weighted by Gasteiger charge is 2.23. The number of halogens is 1. The fourth-order valence-electron chi connectivity index (χ4n) is 2.14. The third-order valence-corrected chi connectivity index (χ3v) is 6.46. The summed E-state index contributed by atoms with van der Waals surface area (Å²) in [5, 5.41) is 0. The molecule has 0 atom stereocenters. The zero-order valence-electron chi connectivity index (χ0n) is 12.9.